The third-order valence-corrected chi connectivity index (χ3v) is 5.16. The van der Waals surface area contributed by atoms with Crippen molar-refractivity contribution in [1.29, 1.82) is 0 Å². The molecule has 0 aromatic heterocycles. The molecule has 1 aromatic rings. The monoisotopic (exact) mass is 323 g/mol. The van der Waals surface area contributed by atoms with Crippen molar-refractivity contribution >= 4 is 15.5 Å². The van der Waals surface area contributed by atoms with Gasteiger partial charge in [0.2, 0.25) is 0 Å². The standard InChI is InChI=1S/C14H20F3NO2S/c1-4-11(5-2)10(3)18-12-8-6-7-9-13(12)21(19,20)14(15,16)17/h6-11,18H,4-5H2,1-3H3. The summed E-state index contributed by atoms with van der Waals surface area (Å²) in [5, 5.41) is 2.91. The molecule has 0 saturated heterocycles. The van der Waals surface area contributed by atoms with E-state index in [0.29, 0.717) is 0 Å². The second-order valence-electron chi connectivity index (χ2n) is 4.95. The summed E-state index contributed by atoms with van der Waals surface area (Å²) in [5.74, 6) is 0.256. The van der Waals surface area contributed by atoms with Crippen LogP contribution in [0.1, 0.15) is 33.6 Å². The van der Waals surface area contributed by atoms with Gasteiger partial charge in [0.05, 0.1) is 10.6 Å². The molecule has 1 aromatic carbocycles. The van der Waals surface area contributed by atoms with Crippen molar-refractivity contribution in [2.75, 3.05) is 5.32 Å². The van der Waals surface area contributed by atoms with Crippen LogP contribution in [0.15, 0.2) is 29.2 Å². The summed E-state index contributed by atoms with van der Waals surface area (Å²) in [4.78, 5) is -0.727. The zero-order chi connectivity index (χ0) is 16.3. The minimum atomic E-state index is -5.35. The number of nitrogens with one attached hydrogen (secondary N) is 1. The van der Waals surface area contributed by atoms with Crippen LogP contribution >= 0.6 is 0 Å². The average Bonchev–Trinajstić information content (AvgIpc) is 2.39. The summed E-state index contributed by atoms with van der Waals surface area (Å²) in [5.41, 5.74) is -5.31. The molecule has 0 bridgehead atoms. The smallest absolute Gasteiger partial charge is 0.381 e. The molecule has 1 N–H and O–H groups in total. The molecule has 21 heavy (non-hydrogen) atoms. The van der Waals surface area contributed by atoms with Crippen molar-refractivity contribution in [2.45, 2.75) is 50.1 Å². The first-order valence-electron chi connectivity index (χ1n) is 6.82. The van der Waals surface area contributed by atoms with Gasteiger partial charge < -0.3 is 5.32 Å². The Morgan fingerprint density at radius 2 is 1.67 bits per heavy atom. The largest absolute Gasteiger partial charge is 0.501 e. The van der Waals surface area contributed by atoms with Gasteiger partial charge in [-0.3, -0.25) is 0 Å². The Hall–Kier alpha value is -1.24. The number of rotatable bonds is 6. The quantitative estimate of drug-likeness (QED) is 0.853. The maximum Gasteiger partial charge on any atom is 0.501 e. The number of halogens is 3. The molecule has 1 unspecified atom stereocenters. The zero-order valence-electron chi connectivity index (χ0n) is 12.2. The molecular weight excluding hydrogens is 303 g/mol. The average molecular weight is 323 g/mol. The van der Waals surface area contributed by atoms with Gasteiger partial charge in [-0.05, 0) is 25.0 Å². The van der Waals surface area contributed by atoms with Crippen LogP contribution in [0, 0.1) is 5.92 Å². The summed E-state index contributed by atoms with van der Waals surface area (Å²) in [7, 11) is -5.35. The van der Waals surface area contributed by atoms with Crippen LogP contribution in [-0.4, -0.2) is 20.0 Å². The number of para-hydroxylation sites is 1. The van der Waals surface area contributed by atoms with E-state index in [1.165, 1.54) is 18.2 Å². The van der Waals surface area contributed by atoms with Gasteiger partial charge in [-0.2, -0.15) is 13.2 Å². The van der Waals surface area contributed by atoms with Crippen molar-refractivity contribution in [3.05, 3.63) is 24.3 Å². The van der Waals surface area contributed by atoms with E-state index in [4.69, 9.17) is 0 Å². The molecule has 120 valence electrons. The Balaban J connectivity index is 3.18. The predicted octanol–water partition coefficient (Wildman–Crippen LogP) is 4.22. The van der Waals surface area contributed by atoms with Gasteiger partial charge in [0, 0.05) is 6.04 Å². The summed E-state index contributed by atoms with van der Waals surface area (Å²) < 4.78 is 61.3. The summed E-state index contributed by atoms with van der Waals surface area (Å²) >= 11 is 0. The second kappa shape index (κ2) is 6.68. The van der Waals surface area contributed by atoms with E-state index in [1.54, 1.807) is 0 Å². The number of sulfone groups is 1. The molecule has 0 heterocycles. The van der Waals surface area contributed by atoms with Crippen LogP contribution in [0.25, 0.3) is 0 Å². The van der Waals surface area contributed by atoms with Crippen LogP contribution in [0.4, 0.5) is 18.9 Å². The lowest BCUT2D eigenvalue weighted by molar-refractivity contribution is -0.0435. The Labute approximate surface area is 123 Å². The second-order valence-corrected chi connectivity index (χ2v) is 6.86. The fourth-order valence-electron chi connectivity index (χ4n) is 2.30. The summed E-state index contributed by atoms with van der Waals surface area (Å²) in [6.07, 6.45) is 1.72. The molecule has 1 atom stereocenters. The van der Waals surface area contributed by atoms with Crippen molar-refractivity contribution in [2.24, 2.45) is 5.92 Å². The molecule has 3 nitrogen and oxygen atoms in total. The van der Waals surface area contributed by atoms with Crippen molar-refractivity contribution in [3.63, 3.8) is 0 Å². The maximum absolute atomic E-state index is 12.7. The number of hydrogen-bond acceptors (Lipinski definition) is 3. The van der Waals surface area contributed by atoms with Crippen molar-refractivity contribution < 1.29 is 21.6 Å². The number of benzene rings is 1. The van der Waals surface area contributed by atoms with Crippen molar-refractivity contribution in [1.82, 2.24) is 0 Å². The van der Waals surface area contributed by atoms with Gasteiger partial charge in [-0.1, -0.05) is 38.8 Å². The van der Waals surface area contributed by atoms with Crippen molar-refractivity contribution in [3.8, 4) is 0 Å². The highest BCUT2D eigenvalue weighted by atomic mass is 32.2. The third kappa shape index (κ3) is 3.90. The molecular formula is C14H20F3NO2S. The predicted molar refractivity (Wildman–Crippen MR) is 76.8 cm³/mol. The Morgan fingerprint density at radius 3 is 2.14 bits per heavy atom. The number of hydrogen-bond donors (Lipinski definition) is 1. The van der Waals surface area contributed by atoms with E-state index in [0.717, 1.165) is 18.9 Å². The molecule has 0 aliphatic carbocycles. The lowest BCUT2D eigenvalue weighted by atomic mass is 9.95. The Kier molecular flexibility index (Phi) is 5.67. The lowest BCUT2D eigenvalue weighted by Gasteiger charge is -2.25. The van der Waals surface area contributed by atoms with Gasteiger partial charge in [0.25, 0.3) is 9.84 Å². The Morgan fingerprint density at radius 1 is 1.14 bits per heavy atom. The molecule has 7 heteroatoms. The molecule has 0 spiro atoms. The van der Waals surface area contributed by atoms with E-state index in [9.17, 15) is 21.6 Å². The van der Waals surface area contributed by atoms with Crippen LogP contribution < -0.4 is 5.32 Å². The molecule has 0 radical (unpaired) electrons. The third-order valence-electron chi connectivity index (χ3n) is 3.62. The maximum atomic E-state index is 12.7. The van der Waals surface area contributed by atoms with Gasteiger partial charge in [-0.25, -0.2) is 8.42 Å². The molecule has 1 rings (SSSR count). The normalized spacial score (nSPS) is 14.2. The van der Waals surface area contributed by atoms with E-state index in [-0.39, 0.29) is 17.6 Å². The van der Waals surface area contributed by atoms with E-state index >= 15 is 0 Å². The fraction of sp³-hybridized carbons (Fsp3) is 0.571. The summed E-state index contributed by atoms with van der Waals surface area (Å²) in [6.45, 7) is 5.82. The lowest BCUT2D eigenvalue weighted by Crippen LogP contribution is -2.28. The number of alkyl halides is 3. The van der Waals surface area contributed by atoms with Crippen LogP contribution in [0.2, 0.25) is 0 Å². The molecule has 0 aliphatic rings. The first kappa shape index (κ1) is 17.8. The fourth-order valence-corrected chi connectivity index (χ4v) is 3.23. The molecule has 0 amide bonds. The highest BCUT2D eigenvalue weighted by Gasteiger charge is 2.48. The van der Waals surface area contributed by atoms with Crippen LogP contribution in [-0.2, 0) is 9.84 Å². The zero-order valence-corrected chi connectivity index (χ0v) is 13.1. The topological polar surface area (TPSA) is 46.2 Å². The van der Waals surface area contributed by atoms with Gasteiger partial charge in [-0.15, -0.1) is 0 Å². The van der Waals surface area contributed by atoms with E-state index in [2.05, 4.69) is 5.32 Å². The van der Waals surface area contributed by atoms with Gasteiger partial charge in [0.1, 0.15) is 0 Å². The first-order valence-corrected chi connectivity index (χ1v) is 8.30. The van der Waals surface area contributed by atoms with Crippen LogP contribution in [0.5, 0.6) is 0 Å². The summed E-state index contributed by atoms with van der Waals surface area (Å²) in [6, 6.07) is 5.01. The van der Waals surface area contributed by atoms with Gasteiger partial charge in [0.15, 0.2) is 0 Å². The highest BCUT2D eigenvalue weighted by Crippen LogP contribution is 2.34. The highest BCUT2D eigenvalue weighted by molar-refractivity contribution is 7.92. The van der Waals surface area contributed by atoms with Crippen LogP contribution in [0.3, 0.4) is 0 Å². The van der Waals surface area contributed by atoms with E-state index in [1.807, 2.05) is 20.8 Å². The molecule has 0 saturated carbocycles. The molecule has 0 fully saturated rings. The van der Waals surface area contributed by atoms with E-state index < -0.39 is 20.2 Å². The first-order chi connectivity index (χ1) is 9.65. The van der Waals surface area contributed by atoms with Gasteiger partial charge >= 0.3 is 5.51 Å². The minimum Gasteiger partial charge on any atom is -0.381 e. The Bertz CT molecular complexity index is 566. The SMILES string of the molecule is CCC(CC)C(C)Nc1ccccc1S(=O)(=O)C(F)(F)F. The minimum absolute atomic E-state index is 0.00535. The number of anilines is 1. The molecule has 0 aliphatic heterocycles.